The van der Waals surface area contributed by atoms with Crippen LogP contribution in [0.2, 0.25) is 0 Å². The second kappa shape index (κ2) is 5.05. The third kappa shape index (κ3) is 3.00. The molecule has 0 unspecified atom stereocenters. The molecule has 2 atom stereocenters. The summed E-state index contributed by atoms with van der Waals surface area (Å²) in [5.74, 6) is -0.314. The van der Waals surface area contributed by atoms with Gasteiger partial charge in [-0.3, -0.25) is 0 Å². The van der Waals surface area contributed by atoms with Gasteiger partial charge in [0.25, 0.3) is 0 Å². The Morgan fingerprint density at radius 1 is 1.40 bits per heavy atom. The van der Waals surface area contributed by atoms with E-state index in [9.17, 15) is 9.50 Å². The molecule has 0 radical (unpaired) electrons. The van der Waals surface area contributed by atoms with E-state index in [0.717, 1.165) is 0 Å². The standard InChI is InChI=1S/C11H15BrFNO/c1-6(2)11(15)10(14)7-3-4-8(12)9(13)5-7/h3-6,10-11,15H,14H2,1-2H3/t10-,11+/m0/s1. The molecule has 4 heteroatoms. The molecule has 0 bridgehead atoms. The minimum absolute atomic E-state index is 0.0479. The van der Waals surface area contributed by atoms with Crippen molar-refractivity contribution in [2.24, 2.45) is 11.7 Å². The highest BCUT2D eigenvalue weighted by atomic mass is 79.9. The maximum absolute atomic E-state index is 13.2. The first-order chi connectivity index (χ1) is 6.93. The average molecular weight is 276 g/mol. The number of aliphatic hydroxyl groups is 1. The van der Waals surface area contributed by atoms with Gasteiger partial charge in [0.05, 0.1) is 16.6 Å². The van der Waals surface area contributed by atoms with E-state index in [2.05, 4.69) is 15.9 Å². The molecule has 0 aliphatic heterocycles. The molecular formula is C11H15BrFNO. The average Bonchev–Trinajstić information content (AvgIpc) is 2.19. The molecule has 0 heterocycles. The number of hydrogen-bond donors (Lipinski definition) is 2. The molecule has 1 aromatic carbocycles. The van der Waals surface area contributed by atoms with Gasteiger partial charge in [0.1, 0.15) is 5.82 Å². The van der Waals surface area contributed by atoms with E-state index in [0.29, 0.717) is 10.0 Å². The van der Waals surface area contributed by atoms with Crippen LogP contribution in [-0.4, -0.2) is 11.2 Å². The number of aliphatic hydroxyl groups excluding tert-OH is 1. The fraction of sp³-hybridized carbons (Fsp3) is 0.455. The molecule has 15 heavy (non-hydrogen) atoms. The van der Waals surface area contributed by atoms with Gasteiger partial charge in [0.2, 0.25) is 0 Å². The molecule has 0 saturated heterocycles. The maximum Gasteiger partial charge on any atom is 0.137 e. The summed E-state index contributed by atoms with van der Waals surface area (Å²) in [6.07, 6.45) is -0.662. The summed E-state index contributed by atoms with van der Waals surface area (Å²) >= 11 is 3.07. The molecular weight excluding hydrogens is 261 g/mol. The van der Waals surface area contributed by atoms with Gasteiger partial charge in [0, 0.05) is 0 Å². The SMILES string of the molecule is CC(C)[C@@H](O)[C@@H](N)c1ccc(Br)c(F)c1. The van der Waals surface area contributed by atoms with Crippen molar-refractivity contribution < 1.29 is 9.50 Å². The van der Waals surface area contributed by atoms with E-state index < -0.39 is 12.1 Å². The van der Waals surface area contributed by atoms with Gasteiger partial charge in [-0.2, -0.15) is 0 Å². The van der Waals surface area contributed by atoms with Crippen LogP contribution in [0.3, 0.4) is 0 Å². The van der Waals surface area contributed by atoms with E-state index in [4.69, 9.17) is 5.73 Å². The molecule has 0 spiro atoms. The van der Waals surface area contributed by atoms with Crippen LogP contribution < -0.4 is 5.73 Å². The van der Waals surface area contributed by atoms with Gasteiger partial charge < -0.3 is 10.8 Å². The van der Waals surface area contributed by atoms with E-state index in [1.807, 2.05) is 13.8 Å². The number of benzene rings is 1. The van der Waals surface area contributed by atoms with Gasteiger partial charge in [0.15, 0.2) is 0 Å². The lowest BCUT2D eigenvalue weighted by atomic mass is 9.94. The fourth-order valence-electron chi connectivity index (χ4n) is 1.33. The van der Waals surface area contributed by atoms with Gasteiger partial charge >= 0.3 is 0 Å². The Bertz CT molecular complexity index is 343. The molecule has 0 aromatic heterocycles. The number of halogens is 2. The minimum Gasteiger partial charge on any atom is -0.391 e. The molecule has 1 aromatic rings. The summed E-state index contributed by atoms with van der Waals surface area (Å²) in [6.45, 7) is 3.75. The van der Waals surface area contributed by atoms with E-state index in [-0.39, 0.29) is 11.7 Å². The lowest BCUT2D eigenvalue weighted by Gasteiger charge is -2.22. The minimum atomic E-state index is -0.662. The lowest BCUT2D eigenvalue weighted by Crippen LogP contribution is -2.30. The van der Waals surface area contributed by atoms with Crippen molar-refractivity contribution in [2.45, 2.75) is 26.0 Å². The Kier molecular flexibility index (Phi) is 4.25. The third-order valence-corrected chi connectivity index (χ3v) is 3.02. The normalized spacial score (nSPS) is 15.4. The summed E-state index contributed by atoms with van der Waals surface area (Å²) in [5, 5.41) is 9.75. The lowest BCUT2D eigenvalue weighted by molar-refractivity contribution is 0.0978. The highest BCUT2D eigenvalue weighted by Crippen LogP contribution is 2.23. The van der Waals surface area contributed by atoms with E-state index >= 15 is 0 Å². The maximum atomic E-state index is 13.2. The molecule has 0 aliphatic rings. The second-order valence-corrected chi connectivity index (χ2v) is 4.79. The smallest absolute Gasteiger partial charge is 0.137 e. The molecule has 3 N–H and O–H groups in total. The molecule has 84 valence electrons. The monoisotopic (exact) mass is 275 g/mol. The Morgan fingerprint density at radius 3 is 2.47 bits per heavy atom. The number of hydrogen-bond acceptors (Lipinski definition) is 2. The summed E-state index contributed by atoms with van der Waals surface area (Å²) in [4.78, 5) is 0. The zero-order valence-electron chi connectivity index (χ0n) is 8.74. The Hall–Kier alpha value is -0.450. The first kappa shape index (κ1) is 12.6. The topological polar surface area (TPSA) is 46.2 Å². The van der Waals surface area contributed by atoms with Crippen LogP contribution in [0.5, 0.6) is 0 Å². The van der Waals surface area contributed by atoms with E-state index in [1.54, 1.807) is 12.1 Å². The quantitative estimate of drug-likeness (QED) is 0.891. The van der Waals surface area contributed by atoms with Gasteiger partial charge in [-0.1, -0.05) is 19.9 Å². The van der Waals surface area contributed by atoms with Crippen LogP contribution in [-0.2, 0) is 0 Å². The Labute approximate surface area is 97.4 Å². The Balaban J connectivity index is 2.91. The van der Waals surface area contributed by atoms with Crippen LogP contribution in [0.25, 0.3) is 0 Å². The molecule has 0 saturated carbocycles. The van der Waals surface area contributed by atoms with Crippen LogP contribution in [0.4, 0.5) is 4.39 Å². The first-order valence-electron chi connectivity index (χ1n) is 4.82. The second-order valence-electron chi connectivity index (χ2n) is 3.93. The predicted octanol–water partition coefficient (Wildman–Crippen LogP) is 2.60. The zero-order valence-corrected chi connectivity index (χ0v) is 10.3. The van der Waals surface area contributed by atoms with Gasteiger partial charge in [-0.15, -0.1) is 0 Å². The summed E-state index contributed by atoms with van der Waals surface area (Å²) < 4.78 is 13.6. The van der Waals surface area contributed by atoms with Crippen LogP contribution in [0, 0.1) is 11.7 Å². The van der Waals surface area contributed by atoms with Crippen molar-refractivity contribution in [1.29, 1.82) is 0 Å². The van der Waals surface area contributed by atoms with Crippen LogP contribution in [0.15, 0.2) is 22.7 Å². The fourth-order valence-corrected chi connectivity index (χ4v) is 1.58. The van der Waals surface area contributed by atoms with Crippen molar-refractivity contribution in [3.8, 4) is 0 Å². The van der Waals surface area contributed by atoms with Crippen LogP contribution in [0.1, 0.15) is 25.5 Å². The number of nitrogens with two attached hydrogens (primary N) is 1. The Morgan fingerprint density at radius 2 is 2.00 bits per heavy atom. The zero-order chi connectivity index (χ0) is 11.6. The molecule has 0 fully saturated rings. The van der Waals surface area contributed by atoms with Crippen molar-refractivity contribution in [1.82, 2.24) is 0 Å². The summed E-state index contributed by atoms with van der Waals surface area (Å²) in [6, 6.07) is 4.11. The molecule has 0 aliphatic carbocycles. The molecule has 2 nitrogen and oxygen atoms in total. The predicted molar refractivity (Wildman–Crippen MR) is 61.9 cm³/mol. The highest BCUT2D eigenvalue weighted by Gasteiger charge is 2.20. The number of rotatable bonds is 3. The van der Waals surface area contributed by atoms with Gasteiger partial charge in [-0.05, 0) is 39.5 Å². The van der Waals surface area contributed by atoms with Crippen molar-refractivity contribution in [2.75, 3.05) is 0 Å². The third-order valence-electron chi connectivity index (χ3n) is 2.38. The van der Waals surface area contributed by atoms with Crippen molar-refractivity contribution in [3.63, 3.8) is 0 Å². The largest absolute Gasteiger partial charge is 0.391 e. The van der Waals surface area contributed by atoms with Crippen molar-refractivity contribution in [3.05, 3.63) is 34.1 Å². The molecule has 1 rings (SSSR count). The van der Waals surface area contributed by atoms with Crippen molar-refractivity contribution >= 4 is 15.9 Å². The van der Waals surface area contributed by atoms with Gasteiger partial charge in [-0.25, -0.2) is 4.39 Å². The van der Waals surface area contributed by atoms with E-state index in [1.165, 1.54) is 6.07 Å². The first-order valence-corrected chi connectivity index (χ1v) is 5.61. The summed E-state index contributed by atoms with van der Waals surface area (Å²) in [7, 11) is 0. The highest BCUT2D eigenvalue weighted by molar-refractivity contribution is 9.10. The summed E-state index contributed by atoms with van der Waals surface area (Å²) in [5.41, 5.74) is 6.43. The molecule has 0 amide bonds. The van der Waals surface area contributed by atoms with Crippen LogP contribution >= 0.6 is 15.9 Å².